The Morgan fingerprint density at radius 1 is 1.07 bits per heavy atom. The minimum Gasteiger partial charge on any atom is -0.369 e. The first kappa shape index (κ1) is 20.6. The summed E-state index contributed by atoms with van der Waals surface area (Å²) in [6.45, 7) is 6.08. The molecule has 1 aromatic carbocycles. The second kappa shape index (κ2) is 8.48. The maximum atomic E-state index is 12.3. The molecule has 1 aromatic heterocycles. The van der Waals surface area contributed by atoms with Gasteiger partial charge in [-0.25, -0.2) is 4.79 Å². The molecule has 2 aromatic rings. The third kappa shape index (κ3) is 4.65. The van der Waals surface area contributed by atoms with Crippen LogP contribution in [0.5, 0.6) is 0 Å². The summed E-state index contributed by atoms with van der Waals surface area (Å²) in [7, 11) is 5.10. The highest BCUT2D eigenvalue weighted by molar-refractivity contribution is 6.02. The van der Waals surface area contributed by atoms with E-state index in [0.29, 0.717) is 5.69 Å². The number of aryl methyl sites for hydroxylation is 2. The molecule has 1 aliphatic heterocycles. The molecule has 29 heavy (non-hydrogen) atoms. The van der Waals surface area contributed by atoms with Gasteiger partial charge >= 0.3 is 5.69 Å². The van der Waals surface area contributed by atoms with Crippen LogP contribution in [-0.4, -0.2) is 53.2 Å². The lowest BCUT2D eigenvalue weighted by molar-refractivity contribution is -0.111. The Bertz CT molecular complexity index is 1060. The molecule has 8 heteroatoms. The number of nitrogens with zero attached hydrogens (tertiary/aromatic N) is 4. The fourth-order valence-corrected chi connectivity index (χ4v) is 3.44. The van der Waals surface area contributed by atoms with Crippen LogP contribution in [0.25, 0.3) is 6.08 Å². The van der Waals surface area contributed by atoms with Crippen molar-refractivity contribution in [1.82, 2.24) is 14.0 Å². The number of carbonyl (C=O) groups is 1. The predicted octanol–water partition coefficient (Wildman–Crippen LogP) is 0.796. The molecule has 0 spiro atoms. The number of amides is 1. The van der Waals surface area contributed by atoms with Crippen molar-refractivity contribution >= 4 is 23.4 Å². The van der Waals surface area contributed by atoms with E-state index in [4.69, 9.17) is 0 Å². The molecule has 0 unspecified atom stereocenters. The van der Waals surface area contributed by atoms with Crippen molar-refractivity contribution in [1.29, 1.82) is 0 Å². The highest BCUT2D eigenvalue weighted by atomic mass is 16.2. The SMILES string of the molecule is Cc1cc(NC(=O)/C=C/c2cn(C)c(=O)n(C)c2=O)ccc1N1CCN(C)CC1. The van der Waals surface area contributed by atoms with E-state index in [1.165, 1.54) is 35.7 Å². The van der Waals surface area contributed by atoms with E-state index in [0.717, 1.165) is 36.3 Å². The molecule has 0 aliphatic carbocycles. The summed E-state index contributed by atoms with van der Waals surface area (Å²) in [5.74, 6) is -0.340. The second-order valence-electron chi connectivity index (χ2n) is 7.46. The number of carbonyl (C=O) groups excluding carboxylic acids is 1. The van der Waals surface area contributed by atoms with E-state index in [1.807, 2.05) is 25.1 Å². The van der Waals surface area contributed by atoms with Gasteiger partial charge in [-0.15, -0.1) is 0 Å². The zero-order chi connectivity index (χ0) is 21.1. The number of piperazine rings is 1. The maximum absolute atomic E-state index is 12.3. The fourth-order valence-electron chi connectivity index (χ4n) is 3.44. The lowest BCUT2D eigenvalue weighted by Gasteiger charge is -2.35. The minimum atomic E-state index is -0.440. The summed E-state index contributed by atoms with van der Waals surface area (Å²) in [5, 5.41) is 2.82. The van der Waals surface area contributed by atoms with Crippen LogP contribution in [0, 0.1) is 6.92 Å². The molecule has 154 valence electrons. The van der Waals surface area contributed by atoms with Gasteiger partial charge in [-0.1, -0.05) is 0 Å². The van der Waals surface area contributed by atoms with E-state index >= 15 is 0 Å². The van der Waals surface area contributed by atoms with Gasteiger partial charge in [0.2, 0.25) is 5.91 Å². The van der Waals surface area contributed by atoms with Crippen molar-refractivity contribution in [2.75, 3.05) is 43.4 Å². The number of hydrogen-bond acceptors (Lipinski definition) is 5. The number of hydrogen-bond donors (Lipinski definition) is 1. The molecule has 1 amide bonds. The molecule has 2 heterocycles. The summed E-state index contributed by atoms with van der Waals surface area (Å²) >= 11 is 0. The van der Waals surface area contributed by atoms with Crippen molar-refractivity contribution in [2.45, 2.75) is 6.92 Å². The quantitative estimate of drug-likeness (QED) is 0.772. The van der Waals surface area contributed by atoms with Crippen LogP contribution >= 0.6 is 0 Å². The summed E-state index contributed by atoms with van der Waals surface area (Å²) < 4.78 is 2.32. The van der Waals surface area contributed by atoms with Gasteiger partial charge in [-0.05, 0) is 43.8 Å². The van der Waals surface area contributed by atoms with Gasteiger partial charge < -0.3 is 19.7 Å². The van der Waals surface area contributed by atoms with Gasteiger partial charge in [0.05, 0.1) is 5.56 Å². The molecule has 0 atom stereocenters. The van der Waals surface area contributed by atoms with Gasteiger partial charge in [0, 0.05) is 63.9 Å². The van der Waals surface area contributed by atoms with E-state index in [1.54, 1.807) is 7.05 Å². The first-order valence-corrected chi connectivity index (χ1v) is 9.56. The first-order valence-electron chi connectivity index (χ1n) is 9.56. The van der Waals surface area contributed by atoms with Crippen molar-refractivity contribution in [3.8, 4) is 0 Å². The van der Waals surface area contributed by atoms with Crippen molar-refractivity contribution in [3.05, 3.63) is 62.4 Å². The summed E-state index contributed by atoms with van der Waals surface area (Å²) in [6.07, 6.45) is 4.14. The Hall–Kier alpha value is -3.13. The smallest absolute Gasteiger partial charge is 0.330 e. The van der Waals surface area contributed by atoms with Gasteiger partial charge in [0.25, 0.3) is 5.56 Å². The highest BCUT2D eigenvalue weighted by Crippen LogP contribution is 2.24. The third-order valence-electron chi connectivity index (χ3n) is 5.20. The average molecular weight is 397 g/mol. The van der Waals surface area contributed by atoms with E-state index < -0.39 is 11.2 Å². The number of likely N-dealkylation sites (N-methyl/N-ethyl adjacent to an activating group) is 1. The molecule has 1 N–H and O–H groups in total. The van der Waals surface area contributed by atoms with Crippen LogP contribution in [0.3, 0.4) is 0 Å². The Morgan fingerprint density at radius 2 is 1.76 bits per heavy atom. The second-order valence-corrected chi connectivity index (χ2v) is 7.46. The van der Waals surface area contributed by atoms with Crippen LogP contribution in [0.2, 0.25) is 0 Å². The molecule has 1 fully saturated rings. The molecule has 1 saturated heterocycles. The lowest BCUT2D eigenvalue weighted by Crippen LogP contribution is -2.44. The molecule has 0 bridgehead atoms. The molecule has 1 aliphatic rings. The molecule has 8 nitrogen and oxygen atoms in total. The first-order chi connectivity index (χ1) is 13.8. The normalized spacial score (nSPS) is 15.1. The zero-order valence-corrected chi connectivity index (χ0v) is 17.3. The van der Waals surface area contributed by atoms with Gasteiger partial charge in [0.1, 0.15) is 0 Å². The fraction of sp³-hybridized carbons (Fsp3) is 0.381. The van der Waals surface area contributed by atoms with Crippen LogP contribution < -0.4 is 21.5 Å². The van der Waals surface area contributed by atoms with Crippen LogP contribution in [0.4, 0.5) is 11.4 Å². The van der Waals surface area contributed by atoms with E-state index in [9.17, 15) is 14.4 Å². The van der Waals surface area contributed by atoms with Gasteiger partial charge in [-0.2, -0.15) is 0 Å². The molecule has 3 rings (SSSR count). The Labute approximate surface area is 169 Å². The standard InChI is InChI=1S/C21H27N5O3/c1-15-13-17(6-7-18(15)26-11-9-23(2)10-12-26)22-19(27)8-5-16-14-24(3)21(29)25(4)20(16)28/h5-8,13-14H,9-12H2,1-4H3,(H,22,27)/b8-5+. The number of nitrogens with one attached hydrogen (secondary N) is 1. The largest absolute Gasteiger partial charge is 0.369 e. The van der Waals surface area contributed by atoms with Gasteiger partial charge in [0.15, 0.2) is 0 Å². The van der Waals surface area contributed by atoms with Gasteiger partial charge in [-0.3, -0.25) is 14.2 Å². The predicted molar refractivity (Wildman–Crippen MR) is 115 cm³/mol. The number of benzene rings is 1. The summed E-state index contributed by atoms with van der Waals surface area (Å²) in [6, 6.07) is 5.87. The van der Waals surface area contributed by atoms with Crippen LogP contribution in [0.15, 0.2) is 40.1 Å². The number of aromatic nitrogens is 2. The summed E-state index contributed by atoms with van der Waals surface area (Å²) in [5.41, 5.74) is 2.40. The minimum absolute atomic E-state index is 0.270. The van der Waals surface area contributed by atoms with Crippen molar-refractivity contribution in [2.24, 2.45) is 14.1 Å². The number of anilines is 2. The lowest BCUT2D eigenvalue weighted by atomic mass is 10.1. The molecular formula is C21H27N5O3. The van der Waals surface area contributed by atoms with E-state index in [2.05, 4.69) is 22.2 Å². The molecule has 0 radical (unpaired) electrons. The highest BCUT2D eigenvalue weighted by Gasteiger charge is 2.16. The third-order valence-corrected chi connectivity index (χ3v) is 5.20. The average Bonchev–Trinajstić information content (AvgIpc) is 2.69. The van der Waals surface area contributed by atoms with Crippen LogP contribution in [0.1, 0.15) is 11.1 Å². The molecule has 0 saturated carbocycles. The maximum Gasteiger partial charge on any atom is 0.330 e. The Morgan fingerprint density at radius 3 is 2.41 bits per heavy atom. The van der Waals surface area contributed by atoms with Crippen molar-refractivity contribution in [3.63, 3.8) is 0 Å². The van der Waals surface area contributed by atoms with Crippen molar-refractivity contribution < 1.29 is 4.79 Å². The zero-order valence-electron chi connectivity index (χ0n) is 17.3. The van der Waals surface area contributed by atoms with E-state index in [-0.39, 0.29) is 11.5 Å². The Kier molecular flexibility index (Phi) is 6.03. The monoisotopic (exact) mass is 397 g/mol. The van der Waals surface area contributed by atoms with Crippen LogP contribution in [-0.2, 0) is 18.9 Å². The molecular weight excluding hydrogens is 370 g/mol. The summed E-state index contributed by atoms with van der Waals surface area (Å²) in [4.78, 5) is 40.8. The topological polar surface area (TPSA) is 79.6 Å². The Balaban J connectivity index is 1.70. The number of rotatable bonds is 4.